The van der Waals surface area contributed by atoms with Crippen molar-refractivity contribution in [2.45, 2.75) is 13.8 Å². The molecule has 0 atom stereocenters. The first-order valence-corrected chi connectivity index (χ1v) is 6.27. The highest BCUT2D eigenvalue weighted by Gasteiger charge is 2.04. The molecule has 0 aliphatic rings. The van der Waals surface area contributed by atoms with Gasteiger partial charge in [-0.15, -0.1) is 0 Å². The van der Waals surface area contributed by atoms with Crippen molar-refractivity contribution in [3.8, 4) is 5.88 Å². The van der Waals surface area contributed by atoms with Gasteiger partial charge in [0.2, 0.25) is 5.88 Å². The van der Waals surface area contributed by atoms with Crippen LogP contribution in [0.1, 0.15) is 19.4 Å². The van der Waals surface area contributed by atoms with Crippen molar-refractivity contribution in [2.75, 3.05) is 26.2 Å². The Hall–Kier alpha value is -1.47. The Balaban J connectivity index is 2.68. The molecule has 1 rings (SSSR count). The maximum absolute atomic E-state index is 11.5. The summed E-state index contributed by atoms with van der Waals surface area (Å²) in [6.45, 7) is 7.51. The van der Waals surface area contributed by atoms with Gasteiger partial charge in [0.05, 0.1) is 6.54 Å². The Morgan fingerprint density at radius 3 is 2.61 bits per heavy atom. The summed E-state index contributed by atoms with van der Waals surface area (Å²) in [6.07, 6.45) is 1.36. The fourth-order valence-corrected chi connectivity index (χ4v) is 1.69. The maximum atomic E-state index is 11.5. The standard InChI is InChI=1S/C11H18N4O2S/c1-3-15(4-2)6-5-12-7-8-9(16)13-11(18)14-10(8)17/h7H,3-6H2,1-2H3,(H3,13,14,16,17,18). The van der Waals surface area contributed by atoms with Gasteiger partial charge in [0.15, 0.2) is 4.77 Å². The van der Waals surface area contributed by atoms with Crippen LogP contribution in [0.15, 0.2) is 9.79 Å². The number of nitrogens with zero attached hydrogens (tertiary/aromatic N) is 2. The number of aromatic nitrogens is 2. The van der Waals surface area contributed by atoms with Crippen LogP contribution < -0.4 is 5.56 Å². The Labute approximate surface area is 110 Å². The molecule has 0 bridgehead atoms. The molecule has 7 heteroatoms. The lowest BCUT2D eigenvalue weighted by atomic mass is 10.3. The summed E-state index contributed by atoms with van der Waals surface area (Å²) in [5.74, 6) is -0.254. The van der Waals surface area contributed by atoms with Gasteiger partial charge in [-0.25, -0.2) is 0 Å². The molecule has 0 aliphatic carbocycles. The molecule has 1 aromatic rings. The number of rotatable bonds is 6. The summed E-state index contributed by atoms with van der Waals surface area (Å²) < 4.78 is 0.0952. The predicted octanol–water partition coefficient (Wildman–Crippen LogP) is 0.899. The third-order valence-electron chi connectivity index (χ3n) is 2.62. The Morgan fingerprint density at radius 2 is 2.06 bits per heavy atom. The van der Waals surface area contributed by atoms with Crippen molar-refractivity contribution in [1.82, 2.24) is 14.9 Å². The van der Waals surface area contributed by atoms with Gasteiger partial charge < -0.3 is 15.0 Å². The molecule has 0 saturated carbocycles. The summed E-state index contributed by atoms with van der Waals surface area (Å²) in [5.41, 5.74) is -0.342. The summed E-state index contributed by atoms with van der Waals surface area (Å²) in [4.78, 5) is 22.7. The lowest BCUT2D eigenvalue weighted by Gasteiger charge is -2.15. The number of nitrogens with one attached hydrogen (secondary N) is 2. The number of aromatic amines is 2. The molecular formula is C11H18N4O2S. The molecule has 18 heavy (non-hydrogen) atoms. The molecule has 100 valence electrons. The minimum Gasteiger partial charge on any atom is -0.494 e. The summed E-state index contributed by atoms with van der Waals surface area (Å²) in [5, 5.41) is 9.53. The SMILES string of the molecule is CCN(CC)CCN=Cc1c(O)[nH]c(=S)[nH]c1=O. The van der Waals surface area contributed by atoms with Crippen LogP contribution in [0.4, 0.5) is 0 Å². The number of aromatic hydroxyl groups is 1. The minimum absolute atomic E-state index is 0.0952. The van der Waals surface area contributed by atoms with E-state index in [0.29, 0.717) is 6.54 Å². The average Bonchev–Trinajstić information content (AvgIpc) is 2.32. The number of likely N-dealkylation sites (N-methyl/N-ethyl adjacent to an activating group) is 1. The Morgan fingerprint density at radius 1 is 1.39 bits per heavy atom. The zero-order valence-electron chi connectivity index (χ0n) is 10.6. The van der Waals surface area contributed by atoms with Gasteiger partial charge >= 0.3 is 0 Å². The average molecular weight is 270 g/mol. The lowest BCUT2D eigenvalue weighted by molar-refractivity contribution is 0.313. The second-order valence-electron chi connectivity index (χ2n) is 3.73. The van der Waals surface area contributed by atoms with Crippen molar-refractivity contribution in [3.63, 3.8) is 0 Å². The summed E-state index contributed by atoms with van der Waals surface area (Å²) in [6, 6.07) is 0. The molecule has 0 aliphatic heterocycles. The van der Waals surface area contributed by atoms with E-state index < -0.39 is 5.56 Å². The van der Waals surface area contributed by atoms with Crippen LogP contribution in [0.3, 0.4) is 0 Å². The second kappa shape index (κ2) is 7.07. The van der Waals surface area contributed by atoms with Crippen LogP contribution >= 0.6 is 12.2 Å². The highest BCUT2D eigenvalue weighted by atomic mass is 32.1. The van der Waals surface area contributed by atoms with E-state index >= 15 is 0 Å². The molecule has 0 saturated heterocycles. The minimum atomic E-state index is -0.442. The van der Waals surface area contributed by atoms with Crippen LogP contribution in [0, 0.1) is 4.77 Å². The largest absolute Gasteiger partial charge is 0.494 e. The van der Waals surface area contributed by atoms with Gasteiger partial charge in [-0.05, 0) is 25.3 Å². The van der Waals surface area contributed by atoms with E-state index in [4.69, 9.17) is 12.2 Å². The molecule has 6 nitrogen and oxygen atoms in total. The monoisotopic (exact) mass is 270 g/mol. The van der Waals surface area contributed by atoms with Crippen molar-refractivity contribution in [1.29, 1.82) is 0 Å². The van der Waals surface area contributed by atoms with E-state index in [1.165, 1.54) is 6.21 Å². The van der Waals surface area contributed by atoms with Crippen LogP contribution in [0.5, 0.6) is 5.88 Å². The molecule has 3 N–H and O–H groups in total. The molecule has 0 aromatic carbocycles. The first kappa shape index (κ1) is 14.6. The van der Waals surface area contributed by atoms with E-state index in [1.807, 2.05) is 0 Å². The number of hydrogen-bond acceptors (Lipinski definition) is 5. The fraction of sp³-hybridized carbons (Fsp3) is 0.545. The Kier molecular flexibility index (Phi) is 5.73. The molecule has 0 amide bonds. The fourth-order valence-electron chi connectivity index (χ4n) is 1.50. The van der Waals surface area contributed by atoms with Gasteiger partial charge in [0.1, 0.15) is 5.56 Å². The van der Waals surface area contributed by atoms with Gasteiger partial charge in [-0.2, -0.15) is 0 Å². The lowest BCUT2D eigenvalue weighted by Crippen LogP contribution is -2.25. The van der Waals surface area contributed by atoms with Gasteiger partial charge in [-0.1, -0.05) is 13.8 Å². The smallest absolute Gasteiger partial charge is 0.264 e. The third-order valence-corrected chi connectivity index (χ3v) is 2.82. The first-order valence-electron chi connectivity index (χ1n) is 5.86. The van der Waals surface area contributed by atoms with E-state index in [-0.39, 0.29) is 16.2 Å². The predicted molar refractivity (Wildman–Crippen MR) is 74.2 cm³/mol. The molecule has 0 radical (unpaired) electrons. The van der Waals surface area contributed by atoms with Crippen LogP contribution in [0.25, 0.3) is 0 Å². The van der Waals surface area contributed by atoms with Gasteiger partial charge in [-0.3, -0.25) is 14.8 Å². The zero-order valence-corrected chi connectivity index (χ0v) is 11.4. The summed E-state index contributed by atoms with van der Waals surface area (Å²) in [7, 11) is 0. The summed E-state index contributed by atoms with van der Waals surface area (Å²) >= 11 is 4.73. The molecule has 1 heterocycles. The molecule has 1 aromatic heterocycles. The first-order chi connectivity index (χ1) is 8.58. The molecule has 0 spiro atoms. The van der Waals surface area contributed by atoms with Crippen molar-refractivity contribution < 1.29 is 5.11 Å². The highest BCUT2D eigenvalue weighted by molar-refractivity contribution is 7.71. The molecular weight excluding hydrogens is 252 g/mol. The van der Waals surface area contributed by atoms with Crippen molar-refractivity contribution >= 4 is 18.4 Å². The van der Waals surface area contributed by atoms with Crippen molar-refractivity contribution in [3.05, 3.63) is 20.7 Å². The van der Waals surface area contributed by atoms with Crippen LogP contribution in [-0.2, 0) is 0 Å². The van der Waals surface area contributed by atoms with E-state index in [0.717, 1.165) is 19.6 Å². The van der Waals surface area contributed by atoms with Crippen molar-refractivity contribution in [2.24, 2.45) is 4.99 Å². The third kappa shape index (κ3) is 4.08. The number of H-pyrrole nitrogens is 2. The Bertz CT molecular complexity index is 517. The maximum Gasteiger partial charge on any atom is 0.264 e. The van der Waals surface area contributed by atoms with Gasteiger partial charge in [0.25, 0.3) is 5.56 Å². The number of aliphatic imine (C=N–C) groups is 1. The van der Waals surface area contributed by atoms with E-state index in [1.54, 1.807) is 0 Å². The normalized spacial score (nSPS) is 11.5. The quantitative estimate of drug-likeness (QED) is 0.529. The van der Waals surface area contributed by atoms with Crippen LogP contribution in [0.2, 0.25) is 0 Å². The zero-order chi connectivity index (χ0) is 13.5. The van der Waals surface area contributed by atoms with E-state index in [2.05, 4.69) is 33.7 Å². The second-order valence-corrected chi connectivity index (χ2v) is 4.14. The topological polar surface area (TPSA) is 84.5 Å². The highest BCUT2D eigenvalue weighted by Crippen LogP contribution is 2.03. The van der Waals surface area contributed by atoms with Gasteiger partial charge in [0, 0.05) is 12.8 Å². The molecule has 0 fully saturated rings. The van der Waals surface area contributed by atoms with Crippen LogP contribution in [-0.4, -0.2) is 52.4 Å². The number of hydrogen-bond donors (Lipinski definition) is 3. The molecule has 0 unspecified atom stereocenters. The van der Waals surface area contributed by atoms with E-state index in [9.17, 15) is 9.90 Å².